The number of pyridine rings is 1. The number of carboxylic acids is 1. The summed E-state index contributed by atoms with van der Waals surface area (Å²) in [4.78, 5) is 26.0. The molecule has 0 spiro atoms. The number of benzene rings is 1. The Kier molecular flexibility index (Phi) is 4.10. The first kappa shape index (κ1) is 17.8. The summed E-state index contributed by atoms with van der Waals surface area (Å²) in [7, 11) is 0. The molecule has 1 aliphatic carbocycles. The maximum absolute atomic E-state index is 15.1. The van der Waals surface area contributed by atoms with Crippen LogP contribution in [0.15, 0.2) is 17.1 Å². The van der Waals surface area contributed by atoms with E-state index < -0.39 is 17.2 Å². The van der Waals surface area contributed by atoms with Crippen molar-refractivity contribution in [3.63, 3.8) is 0 Å². The largest absolute Gasteiger partial charge is 0.477 e. The number of carboxylic acid groups (broad SMARTS) is 1. The van der Waals surface area contributed by atoms with Gasteiger partial charge in [-0.25, -0.2) is 9.18 Å². The number of carbonyl (C=O) groups is 1. The maximum Gasteiger partial charge on any atom is 0.341 e. The van der Waals surface area contributed by atoms with Gasteiger partial charge in [0.05, 0.1) is 22.3 Å². The molecule has 0 radical (unpaired) electrons. The Morgan fingerprint density at radius 3 is 2.63 bits per heavy atom. The van der Waals surface area contributed by atoms with Crippen molar-refractivity contribution in [3.05, 3.63) is 33.9 Å². The van der Waals surface area contributed by atoms with E-state index in [1.807, 2.05) is 11.8 Å². The van der Waals surface area contributed by atoms with Crippen LogP contribution < -0.4 is 21.8 Å². The minimum Gasteiger partial charge on any atom is -0.477 e. The Morgan fingerprint density at radius 1 is 1.37 bits per heavy atom. The Morgan fingerprint density at radius 2 is 2.07 bits per heavy atom. The molecule has 1 saturated carbocycles. The van der Waals surface area contributed by atoms with Crippen LogP contribution >= 0.6 is 0 Å². The summed E-state index contributed by atoms with van der Waals surface area (Å²) in [5.41, 5.74) is 11.4. The zero-order valence-electron chi connectivity index (χ0n) is 15.1. The van der Waals surface area contributed by atoms with Gasteiger partial charge in [-0.05, 0) is 38.2 Å². The number of nitrogens with zero attached hydrogens (tertiary/aromatic N) is 2. The smallest absolute Gasteiger partial charge is 0.341 e. The average Bonchev–Trinajstić information content (AvgIpc) is 3.33. The van der Waals surface area contributed by atoms with Crippen molar-refractivity contribution in [3.8, 4) is 0 Å². The first-order valence-corrected chi connectivity index (χ1v) is 9.20. The number of nitrogen functional groups attached to an aromatic ring is 1. The molecule has 4 rings (SSSR count). The molecule has 1 aromatic heterocycles. The van der Waals surface area contributed by atoms with Crippen LogP contribution in [-0.2, 0) is 0 Å². The summed E-state index contributed by atoms with van der Waals surface area (Å²) < 4.78 is 16.8. The third-order valence-corrected chi connectivity index (χ3v) is 5.76. The standard InChI is InChI=1S/C19H23FN4O3/c1-9(21)10-4-5-23(7-10)14-6-13-15(17(22)16(14)20)18(25)12(19(26)27)8-24(13)11-2-3-11/h6,8-11H,2-5,7,21-22H2,1H3,(H,26,27)/t9?,10-/m1/s1. The lowest BCUT2D eigenvalue weighted by molar-refractivity contribution is 0.0695. The van der Waals surface area contributed by atoms with Crippen LogP contribution in [0.1, 0.15) is 42.6 Å². The van der Waals surface area contributed by atoms with E-state index in [0.29, 0.717) is 24.3 Å². The topological polar surface area (TPSA) is 115 Å². The number of hydrogen-bond donors (Lipinski definition) is 3. The van der Waals surface area contributed by atoms with Gasteiger partial charge in [-0.3, -0.25) is 4.79 Å². The Labute approximate surface area is 155 Å². The minimum absolute atomic E-state index is 0.0126. The number of aromatic nitrogens is 1. The zero-order valence-corrected chi connectivity index (χ0v) is 15.1. The van der Waals surface area contributed by atoms with Gasteiger partial charge in [-0.2, -0.15) is 0 Å². The lowest BCUT2D eigenvalue weighted by atomic mass is 10.0. The molecule has 2 heterocycles. The van der Waals surface area contributed by atoms with Gasteiger partial charge in [0.1, 0.15) is 5.56 Å². The predicted octanol–water partition coefficient (Wildman–Crippen LogP) is 1.93. The summed E-state index contributed by atoms with van der Waals surface area (Å²) >= 11 is 0. The highest BCUT2D eigenvalue weighted by atomic mass is 19.1. The number of anilines is 2. The number of halogens is 1. The van der Waals surface area contributed by atoms with Gasteiger partial charge in [-0.15, -0.1) is 0 Å². The van der Waals surface area contributed by atoms with Gasteiger partial charge in [0.2, 0.25) is 5.43 Å². The van der Waals surface area contributed by atoms with E-state index in [-0.39, 0.29) is 34.6 Å². The van der Waals surface area contributed by atoms with Gasteiger partial charge in [0, 0.05) is 31.4 Å². The molecule has 2 atom stereocenters. The molecule has 144 valence electrons. The fourth-order valence-corrected chi connectivity index (χ4v) is 3.97. The van der Waals surface area contributed by atoms with Crippen molar-refractivity contribution >= 4 is 28.2 Å². The maximum atomic E-state index is 15.1. The number of rotatable bonds is 4. The van der Waals surface area contributed by atoms with Crippen LogP contribution in [0.25, 0.3) is 10.9 Å². The summed E-state index contributed by atoms with van der Waals surface area (Å²) in [6, 6.07) is 1.76. The normalized spacial score (nSPS) is 21.0. The molecule has 1 aliphatic heterocycles. The summed E-state index contributed by atoms with van der Waals surface area (Å²) in [5.74, 6) is -1.74. The van der Waals surface area contributed by atoms with Crippen LogP contribution in [0.4, 0.5) is 15.8 Å². The lowest BCUT2D eigenvalue weighted by Crippen LogP contribution is -2.30. The monoisotopic (exact) mass is 374 g/mol. The van der Waals surface area contributed by atoms with Crippen molar-refractivity contribution in [2.45, 2.75) is 38.3 Å². The number of hydrogen-bond acceptors (Lipinski definition) is 5. The molecule has 1 unspecified atom stereocenters. The minimum atomic E-state index is -1.33. The third kappa shape index (κ3) is 2.84. The van der Waals surface area contributed by atoms with Crippen LogP contribution in [0.5, 0.6) is 0 Å². The van der Waals surface area contributed by atoms with Crippen molar-refractivity contribution in [1.29, 1.82) is 0 Å². The van der Waals surface area contributed by atoms with E-state index in [4.69, 9.17) is 11.5 Å². The molecular formula is C19H23FN4O3. The molecule has 1 aromatic carbocycles. The van der Waals surface area contributed by atoms with E-state index in [0.717, 1.165) is 19.3 Å². The molecule has 2 fully saturated rings. The van der Waals surface area contributed by atoms with Gasteiger partial charge in [0.25, 0.3) is 0 Å². The zero-order chi connectivity index (χ0) is 19.5. The van der Waals surface area contributed by atoms with Crippen LogP contribution in [0.3, 0.4) is 0 Å². The second kappa shape index (κ2) is 6.23. The quantitative estimate of drug-likeness (QED) is 0.705. The van der Waals surface area contributed by atoms with E-state index in [9.17, 15) is 14.7 Å². The van der Waals surface area contributed by atoms with Crippen LogP contribution in [-0.4, -0.2) is 34.8 Å². The molecule has 2 aromatic rings. The lowest BCUT2D eigenvalue weighted by Gasteiger charge is -2.23. The SMILES string of the molecule is CC(N)[C@@H]1CCN(c2cc3c(c(N)c2F)c(=O)c(C(=O)O)cn3C2CC2)C1. The summed E-state index contributed by atoms with van der Waals surface area (Å²) in [5, 5.41) is 9.30. The van der Waals surface area contributed by atoms with Gasteiger partial charge in [-0.1, -0.05) is 0 Å². The van der Waals surface area contributed by atoms with E-state index in [1.54, 1.807) is 10.6 Å². The van der Waals surface area contributed by atoms with Crippen molar-refractivity contribution in [2.24, 2.45) is 11.7 Å². The second-order valence-corrected chi connectivity index (χ2v) is 7.69. The van der Waals surface area contributed by atoms with E-state index in [1.165, 1.54) is 6.20 Å². The molecule has 7 nitrogen and oxygen atoms in total. The highest BCUT2D eigenvalue weighted by Gasteiger charge is 2.31. The number of aromatic carboxylic acids is 1. The van der Waals surface area contributed by atoms with Gasteiger partial charge in [0.15, 0.2) is 5.82 Å². The molecule has 2 aliphatic rings. The van der Waals surface area contributed by atoms with Gasteiger partial charge >= 0.3 is 5.97 Å². The average molecular weight is 374 g/mol. The first-order valence-electron chi connectivity index (χ1n) is 9.20. The van der Waals surface area contributed by atoms with Crippen molar-refractivity contribution in [2.75, 3.05) is 23.7 Å². The molecule has 0 amide bonds. The molecule has 0 bridgehead atoms. The Bertz CT molecular complexity index is 997. The Balaban J connectivity index is 1.93. The molecule has 8 heteroatoms. The number of nitrogens with two attached hydrogens (primary N) is 2. The third-order valence-electron chi connectivity index (χ3n) is 5.76. The van der Waals surface area contributed by atoms with E-state index >= 15 is 4.39 Å². The second-order valence-electron chi connectivity index (χ2n) is 7.69. The molecule has 5 N–H and O–H groups in total. The van der Waals surface area contributed by atoms with Crippen molar-refractivity contribution < 1.29 is 14.3 Å². The summed E-state index contributed by atoms with van der Waals surface area (Å²) in [6.45, 7) is 3.23. The fraction of sp³-hybridized carbons (Fsp3) is 0.474. The highest BCUT2D eigenvalue weighted by molar-refractivity contribution is 5.99. The molecule has 27 heavy (non-hydrogen) atoms. The van der Waals surface area contributed by atoms with Crippen LogP contribution in [0.2, 0.25) is 0 Å². The van der Waals surface area contributed by atoms with Gasteiger partial charge < -0.3 is 26.0 Å². The molecular weight excluding hydrogens is 351 g/mol. The summed E-state index contributed by atoms with van der Waals surface area (Å²) in [6.07, 6.45) is 4.00. The first-order chi connectivity index (χ1) is 12.8. The highest BCUT2D eigenvalue weighted by Crippen LogP contribution is 2.40. The van der Waals surface area contributed by atoms with E-state index in [2.05, 4.69) is 0 Å². The van der Waals surface area contributed by atoms with Crippen LogP contribution in [0, 0.1) is 11.7 Å². The number of fused-ring (bicyclic) bond motifs is 1. The Hall–Kier alpha value is -2.61. The van der Waals surface area contributed by atoms with Crippen molar-refractivity contribution in [1.82, 2.24) is 4.57 Å². The molecule has 1 saturated heterocycles. The predicted molar refractivity (Wildman–Crippen MR) is 102 cm³/mol. The fourth-order valence-electron chi connectivity index (χ4n) is 3.97.